The summed E-state index contributed by atoms with van der Waals surface area (Å²) in [5.41, 5.74) is 0.188. The van der Waals surface area contributed by atoms with Crippen LogP contribution in [0.4, 0.5) is 13.2 Å². The average Bonchev–Trinajstić information content (AvgIpc) is 3.04. The van der Waals surface area contributed by atoms with Gasteiger partial charge in [-0.15, -0.1) is 0 Å². The average molecular weight is 463 g/mol. The summed E-state index contributed by atoms with van der Waals surface area (Å²) in [5, 5.41) is 6.72. The molecular formula is C19H15Cl2F3N2O2S. The van der Waals surface area contributed by atoms with E-state index in [1.54, 1.807) is 12.1 Å². The van der Waals surface area contributed by atoms with Crippen LogP contribution in [-0.2, 0) is 28.9 Å². The van der Waals surface area contributed by atoms with Crippen molar-refractivity contribution in [2.24, 2.45) is 0 Å². The molecule has 3 aromatic rings. The molecule has 0 amide bonds. The predicted octanol–water partition coefficient (Wildman–Crippen LogP) is 5.59. The molecule has 1 heterocycles. The number of benzene rings is 2. The number of aromatic amines is 1. The van der Waals surface area contributed by atoms with Crippen molar-refractivity contribution in [3.05, 3.63) is 69.3 Å². The van der Waals surface area contributed by atoms with Crippen LogP contribution in [-0.4, -0.2) is 24.9 Å². The molecule has 2 aromatic carbocycles. The Morgan fingerprint density at radius 2 is 1.69 bits per heavy atom. The molecule has 1 N–H and O–H groups in total. The molecule has 10 heteroatoms. The lowest BCUT2D eigenvalue weighted by Crippen LogP contribution is -2.10. The molecule has 29 heavy (non-hydrogen) atoms. The highest BCUT2D eigenvalue weighted by Crippen LogP contribution is 2.36. The van der Waals surface area contributed by atoms with Gasteiger partial charge in [0.2, 0.25) is 0 Å². The second-order valence-electron chi connectivity index (χ2n) is 6.46. The highest BCUT2D eigenvalue weighted by molar-refractivity contribution is 7.90. The van der Waals surface area contributed by atoms with Crippen LogP contribution in [0.5, 0.6) is 0 Å². The van der Waals surface area contributed by atoms with E-state index in [0.29, 0.717) is 21.2 Å². The zero-order valence-corrected chi connectivity index (χ0v) is 17.3. The smallest absolute Gasteiger partial charge is 0.273 e. The molecule has 0 radical (unpaired) electrons. The number of H-pyrrole nitrogens is 1. The first kappa shape index (κ1) is 21.7. The maximum absolute atomic E-state index is 13.5. The van der Waals surface area contributed by atoms with Crippen molar-refractivity contribution < 1.29 is 21.6 Å². The lowest BCUT2D eigenvalue weighted by Gasteiger charge is -2.10. The van der Waals surface area contributed by atoms with E-state index in [9.17, 15) is 21.6 Å². The van der Waals surface area contributed by atoms with E-state index in [1.807, 2.05) is 0 Å². The number of aryl methyl sites for hydroxylation is 1. The van der Waals surface area contributed by atoms with Crippen LogP contribution in [0.2, 0.25) is 10.0 Å². The third-order valence-electron chi connectivity index (χ3n) is 4.37. The summed E-state index contributed by atoms with van der Waals surface area (Å²) in [6, 6.07) is 10.4. The van der Waals surface area contributed by atoms with Gasteiger partial charge in [-0.25, -0.2) is 8.42 Å². The van der Waals surface area contributed by atoms with E-state index in [2.05, 4.69) is 10.2 Å². The van der Waals surface area contributed by atoms with Gasteiger partial charge in [0.1, 0.15) is 5.69 Å². The van der Waals surface area contributed by atoms with E-state index in [1.165, 1.54) is 30.3 Å². The van der Waals surface area contributed by atoms with Crippen LogP contribution < -0.4 is 0 Å². The van der Waals surface area contributed by atoms with Gasteiger partial charge in [0, 0.05) is 27.4 Å². The summed E-state index contributed by atoms with van der Waals surface area (Å²) in [6.45, 7) is 0. The van der Waals surface area contributed by atoms with Crippen molar-refractivity contribution >= 4 is 33.0 Å². The molecule has 154 valence electrons. The van der Waals surface area contributed by atoms with Crippen molar-refractivity contribution in [1.82, 2.24) is 10.2 Å². The fourth-order valence-corrected chi connectivity index (χ4v) is 4.06. The SMILES string of the molecule is CS(=O)(=O)c1ccc(-c2n[nH]c(C(F)(F)F)c2CCc2ccc(Cl)cc2Cl)cc1. The van der Waals surface area contributed by atoms with Crippen LogP contribution in [0.15, 0.2) is 47.4 Å². The number of hydrogen-bond acceptors (Lipinski definition) is 3. The summed E-state index contributed by atoms with van der Waals surface area (Å²) in [6.07, 6.45) is -3.29. The molecule has 0 aliphatic heterocycles. The number of hydrogen-bond donors (Lipinski definition) is 1. The summed E-state index contributed by atoms with van der Waals surface area (Å²) in [7, 11) is -3.42. The number of rotatable bonds is 5. The Bertz CT molecular complexity index is 1140. The van der Waals surface area contributed by atoms with E-state index in [-0.39, 0.29) is 29.0 Å². The second kappa shape index (κ2) is 8.01. The first-order valence-electron chi connectivity index (χ1n) is 8.35. The molecule has 0 fully saturated rings. The third-order valence-corrected chi connectivity index (χ3v) is 6.08. The second-order valence-corrected chi connectivity index (χ2v) is 9.32. The number of nitrogens with zero attached hydrogens (tertiary/aromatic N) is 1. The largest absolute Gasteiger partial charge is 0.433 e. The minimum absolute atomic E-state index is 0.0179. The summed E-state index contributed by atoms with van der Waals surface area (Å²) in [4.78, 5) is 0.0716. The van der Waals surface area contributed by atoms with Gasteiger partial charge < -0.3 is 0 Å². The van der Waals surface area contributed by atoms with Gasteiger partial charge in [-0.2, -0.15) is 18.3 Å². The van der Waals surface area contributed by atoms with E-state index in [4.69, 9.17) is 23.2 Å². The topological polar surface area (TPSA) is 62.8 Å². The van der Waals surface area contributed by atoms with Crippen LogP contribution in [0.3, 0.4) is 0 Å². The number of alkyl halides is 3. The maximum Gasteiger partial charge on any atom is 0.433 e. The van der Waals surface area contributed by atoms with Gasteiger partial charge in [0.15, 0.2) is 9.84 Å². The van der Waals surface area contributed by atoms with Crippen molar-refractivity contribution in [2.75, 3.05) is 6.26 Å². The molecule has 0 aliphatic carbocycles. The van der Waals surface area contributed by atoms with E-state index >= 15 is 0 Å². The van der Waals surface area contributed by atoms with Crippen molar-refractivity contribution in [3.8, 4) is 11.3 Å². The Morgan fingerprint density at radius 3 is 2.24 bits per heavy atom. The Morgan fingerprint density at radius 1 is 1.03 bits per heavy atom. The molecule has 0 bridgehead atoms. The molecule has 0 atom stereocenters. The summed E-state index contributed by atoms with van der Waals surface area (Å²) < 4.78 is 63.6. The van der Waals surface area contributed by atoms with E-state index in [0.717, 1.165) is 6.26 Å². The number of aromatic nitrogens is 2. The predicted molar refractivity (Wildman–Crippen MR) is 106 cm³/mol. The molecule has 0 spiro atoms. The minimum Gasteiger partial charge on any atom is -0.273 e. The van der Waals surface area contributed by atoms with Gasteiger partial charge in [-0.05, 0) is 42.7 Å². The fourth-order valence-electron chi connectivity index (χ4n) is 2.93. The maximum atomic E-state index is 13.5. The lowest BCUT2D eigenvalue weighted by atomic mass is 9.99. The van der Waals surface area contributed by atoms with Crippen LogP contribution in [0.1, 0.15) is 16.8 Å². The number of nitrogens with one attached hydrogen (secondary N) is 1. The lowest BCUT2D eigenvalue weighted by molar-refractivity contribution is -0.141. The minimum atomic E-state index is -4.61. The number of halogens is 5. The summed E-state index contributed by atoms with van der Waals surface area (Å²) >= 11 is 12.0. The Kier molecular flexibility index (Phi) is 5.98. The summed E-state index contributed by atoms with van der Waals surface area (Å²) in [5.74, 6) is 0. The first-order valence-corrected chi connectivity index (χ1v) is 11.0. The highest BCUT2D eigenvalue weighted by atomic mass is 35.5. The van der Waals surface area contributed by atoms with Crippen LogP contribution in [0, 0.1) is 0 Å². The number of sulfone groups is 1. The Hall–Kier alpha value is -2.03. The van der Waals surface area contributed by atoms with Gasteiger partial charge in [0.05, 0.1) is 10.6 Å². The molecule has 0 saturated heterocycles. The molecular weight excluding hydrogens is 448 g/mol. The first-order chi connectivity index (χ1) is 13.5. The monoisotopic (exact) mass is 462 g/mol. The van der Waals surface area contributed by atoms with Gasteiger partial charge in [-0.3, -0.25) is 5.10 Å². The standard InChI is InChI=1S/C19H15Cl2F3N2O2S/c1-29(27,28)14-7-3-12(4-8-14)17-15(18(26-25-17)19(22,23)24)9-5-11-2-6-13(20)10-16(11)21/h2-4,6-8,10H,5,9H2,1H3,(H,25,26). The fraction of sp³-hybridized carbons (Fsp3) is 0.211. The zero-order valence-electron chi connectivity index (χ0n) is 15.0. The quantitative estimate of drug-likeness (QED) is 0.537. The van der Waals surface area contributed by atoms with Crippen LogP contribution in [0.25, 0.3) is 11.3 Å². The van der Waals surface area contributed by atoms with Crippen molar-refractivity contribution in [1.29, 1.82) is 0 Å². The molecule has 4 nitrogen and oxygen atoms in total. The highest BCUT2D eigenvalue weighted by Gasteiger charge is 2.37. The van der Waals surface area contributed by atoms with Gasteiger partial charge in [-0.1, -0.05) is 41.4 Å². The molecule has 0 aliphatic rings. The van der Waals surface area contributed by atoms with Crippen LogP contribution >= 0.6 is 23.2 Å². The normalized spacial score (nSPS) is 12.3. The third kappa shape index (κ3) is 4.94. The van der Waals surface area contributed by atoms with Crippen molar-refractivity contribution in [2.45, 2.75) is 23.9 Å². The van der Waals surface area contributed by atoms with Gasteiger partial charge in [0.25, 0.3) is 0 Å². The van der Waals surface area contributed by atoms with Gasteiger partial charge >= 0.3 is 6.18 Å². The Balaban J connectivity index is 1.99. The van der Waals surface area contributed by atoms with E-state index < -0.39 is 21.7 Å². The molecule has 0 unspecified atom stereocenters. The van der Waals surface area contributed by atoms with Crippen molar-refractivity contribution in [3.63, 3.8) is 0 Å². The zero-order chi connectivity index (χ0) is 21.4. The Labute approximate surface area is 175 Å². The molecule has 0 saturated carbocycles. The molecule has 3 rings (SSSR count). The molecule has 1 aromatic heterocycles.